The highest BCUT2D eigenvalue weighted by Gasteiger charge is 2.21. The molecule has 86 valence electrons. The number of ketones is 1. The highest BCUT2D eigenvalue weighted by Crippen LogP contribution is 2.29. The molecule has 1 aromatic carbocycles. The van der Waals surface area contributed by atoms with E-state index in [4.69, 9.17) is 0 Å². The molecule has 0 aromatic heterocycles. The Labute approximate surface area is 103 Å². The highest BCUT2D eigenvalue weighted by atomic mass is 79.9. The molecular formula is C13H14BrFO. The normalized spacial score (nSPS) is 16.6. The molecule has 0 amide bonds. The van der Waals surface area contributed by atoms with E-state index in [2.05, 4.69) is 15.9 Å². The number of carbonyl (C=O) groups excluding carboxylic acids is 1. The van der Waals surface area contributed by atoms with Crippen LogP contribution >= 0.6 is 15.9 Å². The fourth-order valence-corrected chi connectivity index (χ4v) is 2.66. The van der Waals surface area contributed by atoms with Crippen LogP contribution in [0.1, 0.15) is 42.5 Å². The molecule has 0 aliphatic heterocycles. The average Bonchev–Trinajstić information content (AvgIpc) is 2.74. The van der Waals surface area contributed by atoms with Gasteiger partial charge in [0.05, 0.1) is 5.56 Å². The topological polar surface area (TPSA) is 17.1 Å². The van der Waals surface area contributed by atoms with Crippen molar-refractivity contribution in [2.75, 3.05) is 0 Å². The summed E-state index contributed by atoms with van der Waals surface area (Å²) in [6.07, 6.45) is 5.13. The predicted molar refractivity (Wildman–Crippen MR) is 65.0 cm³/mol. The summed E-state index contributed by atoms with van der Waals surface area (Å²) in [7, 11) is 0. The summed E-state index contributed by atoms with van der Waals surface area (Å²) >= 11 is 3.26. The molecule has 0 atom stereocenters. The van der Waals surface area contributed by atoms with Gasteiger partial charge in [-0.15, -0.1) is 0 Å². The first-order valence-electron chi connectivity index (χ1n) is 5.65. The van der Waals surface area contributed by atoms with Gasteiger partial charge in [-0.05, 0) is 24.1 Å². The number of benzene rings is 1. The Morgan fingerprint density at radius 3 is 2.75 bits per heavy atom. The Bertz CT molecular complexity index is 397. The van der Waals surface area contributed by atoms with E-state index in [0.29, 0.717) is 12.3 Å². The summed E-state index contributed by atoms with van der Waals surface area (Å²) in [4.78, 5) is 11.9. The van der Waals surface area contributed by atoms with E-state index in [1.807, 2.05) is 0 Å². The molecule has 0 radical (unpaired) electrons. The second kappa shape index (κ2) is 5.09. The monoisotopic (exact) mass is 284 g/mol. The van der Waals surface area contributed by atoms with Crippen molar-refractivity contribution in [1.29, 1.82) is 0 Å². The minimum atomic E-state index is -0.411. The van der Waals surface area contributed by atoms with E-state index in [9.17, 15) is 9.18 Å². The number of hydrogen-bond acceptors (Lipinski definition) is 1. The molecular weight excluding hydrogens is 271 g/mol. The summed E-state index contributed by atoms with van der Waals surface area (Å²) in [5.74, 6) is -0.0113. The van der Waals surface area contributed by atoms with Gasteiger partial charge in [0.1, 0.15) is 5.82 Å². The third-order valence-electron chi connectivity index (χ3n) is 3.18. The molecule has 0 N–H and O–H groups in total. The van der Waals surface area contributed by atoms with E-state index < -0.39 is 5.82 Å². The van der Waals surface area contributed by atoms with Crippen LogP contribution in [0.4, 0.5) is 4.39 Å². The molecule has 1 fully saturated rings. The van der Waals surface area contributed by atoms with Crippen molar-refractivity contribution >= 4 is 21.7 Å². The maximum atomic E-state index is 13.5. The van der Waals surface area contributed by atoms with E-state index >= 15 is 0 Å². The fraction of sp³-hybridized carbons (Fsp3) is 0.462. The quantitative estimate of drug-likeness (QED) is 0.754. The minimum Gasteiger partial charge on any atom is -0.294 e. The van der Waals surface area contributed by atoms with Gasteiger partial charge in [0.15, 0.2) is 5.78 Å². The highest BCUT2D eigenvalue weighted by molar-refractivity contribution is 9.10. The molecule has 2 rings (SSSR count). The lowest BCUT2D eigenvalue weighted by Crippen LogP contribution is -2.07. The molecule has 0 heterocycles. The Morgan fingerprint density at radius 2 is 2.06 bits per heavy atom. The molecule has 0 bridgehead atoms. The van der Waals surface area contributed by atoms with Gasteiger partial charge < -0.3 is 0 Å². The van der Waals surface area contributed by atoms with Crippen molar-refractivity contribution in [3.05, 3.63) is 34.1 Å². The molecule has 1 aromatic rings. The van der Waals surface area contributed by atoms with Gasteiger partial charge in [-0.25, -0.2) is 4.39 Å². The summed E-state index contributed by atoms with van der Waals surface area (Å²) in [5, 5.41) is 0. The molecule has 1 nitrogen and oxygen atoms in total. The first-order chi connectivity index (χ1) is 7.66. The smallest absolute Gasteiger partial charge is 0.166 e. The van der Waals surface area contributed by atoms with Crippen molar-refractivity contribution < 1.29 is 9.18 Å². The van der Waals surface area contributed by atoms with Crippen molar-refractivity contribution in [2.24, 2.45) is 5.92 Å². The van der Waals surface area contributed by atoms with Crippen LogP contribution in [-0.2, 0) is 0 Å². The number of halogens is 2. The first-order valence-corrected chi connectivity index (χ1v) is 6.44. The Hall–Kier alpha value is -0.700. The van der Waals surface area contributed by atoms with Gasteiger partial charge in [0, 0.05) is 10.9 Å². The Morgan fingerprint density at radius 1 is 1.38 bits per heavy atom. The summed E-state index contributed by atoms with van der Waals surface area (Å²) < 4.78 is 14.2. The van der Waals surface area contributed by atoms with E-state index in [1.165, 1.54) is 18.9 Å². The first kappa shape index (κ1) is 11.8. The summed E-state index contributed by atoms with van der Waals surface area (Å²) in [6.45, 7) is 0. The van der Waals surface area contributed by atoms with Gasteiger partial charge in [0.25, 0.3) is 0 Å². The lowest BCUT2D eigenvalue weighted by atomic mass is 9.97. The number of rotatable bonds is 3. The molecule has 0 spiro atoms. The van der Waals surface area contributed by atoms with Crippen LogP contribution in [0.2, 0.25) is 0 Å². The number of carbonyl (C=O) groups is 1. The van der Waals surface area contributed by atoms with Crippen molar-refractivity contribution in [2.45, 2.75) is 32.1 Å². The van der Waals surface area contributed by atoms with Crippen molar-refractivity contribution in [3.63, 3.8) is 0 Å². The summed E-state index contributed by atoms with van der Waals surface area (Å²) in [6, 6.07) is 4.53. The van der Waals surface area contributed by atoms with Gasteiger partial charge in [-0.1, -0.05) is 41.6 Å². The molecule has 0 saturated heterocycles. The largest absolute Gasteiger partial charge is 0.294 e. The maximum absolute atomic E-state index is 13.5. The van der Waals surface area contributed by atoms with Crippen molar-refractivity contribution in [3.8, 4) is 0 Å². The van der Waals surface area contributed by atoms with Crippen LogP contribution in [0.5, 0.6) is 0 Å². The third kappa shape index (κ3) is 2.70. The van der Waals surface area contributed by atoms with Crippen LogP contribution in [0.3, 0.4) is 0 Å². The predicted octanol–water partition coefficient (Wildman–Crippen LogP) is 4.35. The SMILES string of the molecule is O=C(CC1CCCC1)c1cc(Br)ccc1F. The van der Waals surface area contributed by atoms with Crippen LogP contribution in [0.15, 0.2) is 22.7 Å². The van der Waals surface area contributed by atoms with E-state index in [0.717, 1.165) is 17.3 Å². The van der Waals surface area contributed by atoms with Gasteiger partial charge in [0.2, 0.25) is 0 Å². The van der Waals surface area contributed by atoms with Gasteiger partial charge in [-0.2, -0.15) is 0 Å². The van der Waals surface area contributed by atoms with Crippen LogP contribution in [0.25, 0.3) is 0 Å². The van der Waals surface area contributed by atoms with Gasteiger partial charge >= 0.3 is 0 Å². The average molecular weight is 285 g/mol. The van der Waals surface area contributed by atoms with Gasteiger partial charge in [-0.3, -0.25) is 4.79 Å². The number of hydrogen-bond donors (Lipinski definition) is 0. The molecule has 0 unspecified atom stereocenters. The van der Waals surface area contributed by atoms with Crippen LogP contribution < -0.4 is 0 Å². The van der Waals surface area contributed by atoms with Crippen molar-refractivity contribution in [1.82, 2.24) is 0 Å². The molecule has 1 saturated carbocycles. The Balaban J connectivity index is 2.10. The third-order valence-corrected chi connectivity index (χ3v) is 3.67. The number of Topliss-reactive ketones (excluding diaryl/α,β-unsaturated/α-hetero) is 1. The lowest BCUT2D eigenvalue weighted by Gasteiger charge is -2.08. The van der Waals surface area contributed by atoms with E-state index in [-0.39, 0.29) is 11.3 Å². The van der Waals surface area contributed by atoms with Crippen LogP contribution in [-0.4, -0.2) is 5.78 Å². The lowest BCUT2D eigenvalue weighted by molar-refractivity contribution is 0.0958. The van der Waals surface area contributed by atoms with Crippen LogP contribution in [0, 0.1) is 11.7 Å². The molecule has 1 aliphatic carbocycles. The minimum absolute atomic E-state index is 0.0642. The molecule has 1 aliphatic rings. The second-order valence-electron chi connectivity index (χ2n) is 4.40. The Kier molecular flexibility index (Phi) is 3.74. The summed E-state index contributed by atoms with van der Waals surface area (Å²) in [5.41, 5.74) is 0.223. The maximum Gasteiger partial charge on any atom is 0.166 e. The zero-order valence-electron chi connectivity index (χ0n) is 9.01. The zero-order chi connectivity index (χ0) is 11.5. The standard InChI is InChI=1S/C13H14BrFO/c14-10-5-6-12(15)11(8-10)13(16)7-9-3-1-2-4-9/h5-6,8-9H,1-4,7H2. The fourth-order valence-electron chi connectivity index (χ4n) is 2.30. The molecule has 3 heteroatoms. The second-order valence-corrected chi connectivity index (χ2v) is 5.32. The zero-order valence-corrected chi connectivity index (χ0v) is 10.6. The van der Waals surface area contributed by atoms with E-state index in [1.54, 1.807) is 12.1 Å². The molecule has 16 heavy (non-hydrogen) atoms.